The van der Waals surface area contributed by atoms with Crippen LogP contribution in [0.5, 0.6) is 0 Å². The third-order valence-corrected chi connectivity index (χ3v) is 5.53. The van der Waals surface area contributed by atoms with E-state index in [0.29, 0.717) is 11.8 Å². The number of hydrogen-bond donors (Lipinski definition) is 2. The summed E-state index contributed by atoms with van der Waals surface area (Å²) >= 11 is 1.82. The summed E-state index contributed by atoms with van der Waals surface area (Å²) in [6.07, 6.45) is 8.45. The molecule has 2 aliphatic rings. The van der Waals surface area contributed by atoms with Gasteiger partial charge in [0.25, 0.3) is 0 Å². The molecule has 1 heterocycles. The maximum atomic E-state index is 5.91. The third kappa shape index (κ3) is 2.62. The minimum atomic E-state index is -0.0566. The van der Waals surface area contributed by atoms with Crippen LogP contribution in [0.25, 0.3) is 0 Å². The Kier molecular flexibility index (Phi) is 3.62. The van der Waals surface area contributed by atoms with E-state index in [2.05, 4.69) is 61.8 Å². The zero-order chi connectivity index (χ0) is 15.0. The first kappa shape index (κ1) is 14.3. The molecule has 3 unspecified atom stereocenters. The molecule has 1 aliphatic carbocycles. The molecule has 1 aromatic carbocycles. The van der Waals surface area contributed by atoms with Crippen molar-refractivity contribution < 1.29 is 0 Å². The van der Waals surface area contributed by atoms with Gasteiger partial charge in [-0.1, -0.05) is 49.0 Å². The number of thioether (sulfide) groups is 1. The van der Waals surface area contributed by atoms with Gasteiger partial charge in [0.15, 0.2) is 0 Å². The van der Waals surface area contributed by atoms with Gasteiger partial charge in [0.1, 0.15) is 4.87 Å². The minimum Gasteiger partial charge on any atom is -0.399 e. The number of allylic oxidation sites excluding steroid dienone is 3. The molecule has 0 aromatic heterocycles. The van der Waals surface area contributed by atoms with Crippen LogP contribution in [0, 0.1) is 12.8 Å². The van der Waals surface area contributed by atoms with Crippen molar-refractivity contribution in [1.29, 1.82) is 0 Å². The highest BCUT2D eigenvalue weighted by Crippen LogP contribution is 2.40. The Hall–Kier alpha value is -1.61. The lowest BCUT2D eigenvalue weighted by atomic mass is 9.80. The lowest BCUT2D eigenvalue weighted by molar-refractivity contribution is 0.611. The molecule has 3 atom stereocenters. The van der Waals surface area contributed by atoms with E-state index in [1.165, 1.54) is 16.7 Å². The molecule has 3 heteroatoms. The van der Waals surface area contributed by atoms with Crippen LogP contribution in [0.3, 0.4) is 0 Å². The smallest absolute Gasteiger partial charge is 0.110 e. The first-order chi connectivity index (χ1) is 9.99. The molecule has 0 bridgehead atoms. The van der Waals surface area contributed by atoms with Gasteiger partial charge in [0.05, 0.1) is 0 Å². The predicted octanol–water partition coefficient (Wildman–Crippen LogP) is 4.11. The van der Waals surface area contributed by atoms with E-state index in [4.69, 9.17) is 5.73 Å². The molecule has 1 aliphatic heterocycles. The fraction of sp³-hybridized carbons (Fsp3) is 0.333. The molecule has 21 heavy (non-hydrogen) atoms. The van der Waals surface area contributed by atoms with E-state index in [-0.39, 0.29) is 4.87 Å². The second kappa shape index (κ2) is 5.30. The normalized spacial score (nSPS) is 31.1. The monoisotopic (exact) mass is 298 g/mol. The number of rotatable bonds is 2. The molecule has 3 N–H and O–H groups in total. The number of nitrogens with one attached hydrogen (secondary N) is 1. The van der Waals surface area contributed by atoms with E-state index < -0.39 is 0 Å². The van der Waals surface area contributed by atoms with E-state index in [1.54, 1.807) is 0 Å². The molecule has 0 amide bonds. The summed E-state index contributed by atoms with van der Waals surface area (Å²) in [5.41, 5.74) is 10.8. The first-order valence-corrected chi connectivity index (χ1v) is 8.24. The van der Waals surface area contributed by atoms with Crippen molar-refractivity contribution in [2.45, 2.75) is 31.6 Å². The van der Waals surface area contributed by atoms with Gasteiger partial charge in [0.2, 0.25) is 0 Å². The molecule has 0 spiro atoms. The Morgan fingerprint density at radius 1 is 1.33 bits per heavy atom. The van der Waals surface area contributed by atoms with E-state index in [0.717, 1.165) is 5.70 Å². The zero-order valence-corrected chi connectivity index (χ0v) is 13.6. The van der Waals surface area contributed by atoms with Crippen LogP contribution >= 0.6 is 11.8 Å². The van der Waals surface area contributed by atoms with Crippen molar-refractivity contribution in [3.05, 3.63) is 70.4 Å². The molecule has 3 rings (SSSR count). The van der Waals surface area contributed by atoms with Crippen LogP contribution in [-0.4, -0.2) is 0 Å². The van der Waals surface area contributed by atoms with Crippen molar-refractivity contribution >= 4 is 11.8 Å². The Morgan fingerprint density at radius 2 is 2.14 bits per heavy atom. The minimum absolute atomic E-state index is 0.0566. The van der Waals surface area contributed by atoms with Gasteiger partial charge in [-0.25, -0.2) is 0 Å². The van der Waals surface area contributed by atoms with Crippen LogP contribution in [-0.2, 0) is 4.87 Å². The standard InChI is InChI=1S/C18H22N2S/c1-12-4-5-14(18(3)20-8-9-21-18)11-17(12)16-7-6-15(19)10-13(16)2/h4-11,13,16,20H,19H2,1-3H3. The van der Waals surface area contributed by atoms with Gasteiger partial charge >= 0.3 is 0 Å². The van der Waals surface area contributed by atoms with Crippen molar-refractivity contribution in [1.82, 2.24) is 5.32 Å². The lowest BCUT2D eigenvalue weighted by Gasteiger charge is -2.29. The summed E-state index contributed by atoms with van der Waals surface area (Å²) < 4.78 is 0. The Balaban J connectivity index is 1.98. The fourth-order valence-corrected chi connectivity index (χ4v) is 3.89. The second-order valence-electron chi connectivity index (χ2n) is 6.08. The molecule has 0 saturated heterocycles. The van der Waals surface area contributed by atoms with Crippen LogP contribution in [0.15, 0.2) is 53.7 Å². The Morgan fingerprint density at radius 3 is 2.81 bits per heavy atom. The van der Waals surface area contributed by atoms with Gasteiger partial charge in [-0.2, -0.15) is 0 Å². The molecule has 2 nitrogen and oxygen atoms in total. The van der Waals surface area contributed by atoms with Crippen molar-refractivity contribution in [2.24, 2.45) is 11.7 Å². The van der Waals surface area contributed by atoms with Gasteiger partial charge in [-0.3, -0.25) is 0 Å². The summed E-state index contributed by atoms with van der Waals surface area (Å²) in [5.74, 6) is 0.833. The van der Waals surface area contributed by atoms with Crippen LogP contribution in [0.4, 0.5) is 0 Å². The summed E-state index contributed by atoms with van der Waals surface area (Å²) in [4.78, 5) is -0.0566. The van der Waals surface area contributed by atoms with E-state index in [9.17, 15) is 0 Å². The Labute approximate surface area is 131 Å². The van der Waals surface area contributed by atoms with Crippen LogP contribution in [0.1, 0.15) is 36.5 Å². The van der Waals surface area contributed by atoms with Gasteiger partial charge in [0, 0.05) is 17.8 Å². The molecule has 110 valence electrons. The molecule has 0 fully saturated rings. The second-order valence-corrected chi connectivity index (χ2v) is 7.40. The quantitative estimate of drug-likeness (QED) is 0.863. The fourth-order valence-electron chi connectivity index (χ4n) is 3.08. The number of hydrogen-bond acceptors (Lipinski definition) is 3. The maximum Gasteiger partial charge on any atom is 0.110 e. The largest absolute Gasteiger partial charge is 0.399 e. The Bertz CT molecular complexity index is 635. The lowest BCUT2D eigenvalue weighted by Crippen LogP contribution is -2.29. The first-order valence-electron chi connectivity index (χ1n) is 7.37. The molecular formula is C18H22N2S. The summed E-state index contributed by atoms with van der Waals surface area (Å²) in [6, 6.07) is 6.81. The summed E-state index contributed by atoms with van der Waals surface area (Å²) in [6.45, 7) is 6.65. The highest BCUT2D eigenvalue weighted by molar-refractivity contribution is 8.03. The average molecular weight is 298 g/mol. The predicted molar refractivity (Wildman–Crippen MR) is 91.7 cm³/mol. The van der Waals surface area contributed by atoms with Crippen LogP contribution < -0.4 is 11.1 Å². The summed E-state index contributed by atoms with van der Waals surface area (Å²) in [7, 11) is 0. The zero-order valence-electron chi connectivity index (χ0n) is 12.8. The maximum absolute atomic E-state index is 5.91. The number of aryl methyl sites for hydroxylation is 1. The molecule has 1 aromatic rings. The van der Waals surface area contributed by atoms with Crippen molar-refractivity contribution in [2.75, 3.05) is 0 Å². The highest BCUT2D eigenvalue weighted by Gasteiger charge is 2.29. The third-order valence-electron chi connectivity index (χ3n) is 4.44. The molecule has 0 saturated carbocycles. The molecular weight excluding hydrogens is 276 g/mol. The van der Waals surface area contributed by atoms with E-state index in [1.807, 2.05) is 24.0 Å². The van der Waals surface area contributed by atoms with Crippen molar-refractivity contribution in [3.63, 3.8) is 0 Å². The average Bonchev–Trinajstić information content (AvgIpc) is 2.88. The SMILES string of the molecule is Cc1ccc(C2(C)NC=CS2)cc1C1C=CC(N)=CC1C. The number of benzene rings is 1. The highest BCUT2D eigenvalue weighted by atomic mass is 32.2. The molecule has 0 radical (unpaired) electrons. The van der Waals surface area contributed by atoms with E-state index >= 15 is 0 Å². The number of nitrogens with two attached hydrogens (primary N) is 1. The topological polar surface area (TPSA) is 38.0 Å². The van der Waals surface area contributed by atoms with Crippen molar-refractivity contribution in [3.8, 4) is 0 Å². The van der Waals surface area contributed by atoms with Gasteiger partial charge < -0.3 is 11.1 Å². The summed E-state index contributed by atoms with van der Waals surface area (Å²) in [5, 5.41) is 5.57. The van der Waals surface area contributed by atoms with Gasteiger partial charge in [-0.05, 0) is 47.9 Å². The van der Waals surface area contributed by atoms with Gasteiger partial charge in [-0.15, -0.1) is 0 Å². The van der Waals surface area contributed by atoms with Crippen LogP contribution in [0.2, 0.25) is 0 Å².